The predicted molar refractivity (Wildman–Crippen MR) is 115 cm³/mol. The lowest BCUT2D eigenvalue weighted by molar-refractivity contribution is -0.144. The van der Waals surface area contributed by atoms with E-state index in [1.54, 1.807) is 19.5 Å². The van der Waals surface area contributed by atoms with E-state index in [4.69, 9.17) is 4.74 Å². The molecule has 0 saturated carbocycles. The first-order chi connectivity index (χ1) is 14.7. The summed E-state index contributed by atoms with van der Waals surface area (Å²) in [6.45, 7) is 2.40. The van der Waals surface area contributed by atoms with Crippen LogP contribution >= 0.6 is 0 Å². The first-order valence-electron chi connectivity index (χ1n) is 10.6. The summed E-state index contributed by atoms with van der Waals surface area (Å²) in [5, 5.41) is 1.20. The molecule has 1 spiro atoms. The number of nitrogens with one attached hydrogen (secondary N) is 1. The fourth-order valence-electron chi connectivity index (χ4n) is 5.08. The lowest BCUT2D eigenvalue weighted by Gasteiger charge is -2.51. The quantitative estimate of drug-likeness (QED) is 0.719. The van der Waals surface area contributed by atoms with Crippen LogP contribution in [0.4, 0.5) is 5.82 Å². The number of carbonyl (C=O) groups excluding carboxylic acids is 1. The zero-order chi connectivity index (χ0) is 20.6. The summed E-state index contributed by atoms with van der Waals surface area (Å²) in [5.41, 5.74) is 2.26. The highest BCUT2D eigenvalue weighted by atomic mass is 16.5. The van der Waals surface area contributed by atoms with Crippen LogP contribution in [0.1, 0.15) is 37.7 Å². The number of likely N-dealkylation sites (tertiary alicyclic amines) is 1. The standard InChI is InChI=1S/C23H27N5O2/c1-30-21-15-24-14-20(26-21)27-12-9-23(10-13-27)8-3-6-22(29)28(23)16-17-4-2-5-19-18(17)7-11-25-19/h2,4-5,7,11,14-15,25H,3,6,8-10,12-13,16H2,1H3. The first-order valence-corrected chi connectivity index (χ1v) is 10.6. The maximum Gasteiger partial charge on any atom is 0.233 e. The van der Waals surface area contributed by atoms with Crippen molar-refractivity contribution in [1.82, 2.24) is 19.9 Å². The Hall–Kier alpha value is -3.09. The molecule has 2 fully saturated rings. The van der Waals surface area contributed by atoms with E-state index in [0.29, 0.717) is 18.8 Å². The summed E-state index contributed by atoms with van der Waals surface area (Å²) in [7, 11) is 1.61. The number of benzene rings is 1. The molecule has 5 rings (SSSR count). The molecule has 2 aromatic heterocycles. The Kier molecular flexibility index (Phi) is 4.81. The molecule has 0 atom stereocenters. The van der Waals surface area contributed by atoms with E-state index in [1.807, 2.05) is 6.20 Å². The fourth-order valence-corrected chi connectivity index (χ4v) is 5.08. The molecule has 2 aliphatic heterocycles. The molecule has 4 heterocycles. The minimum absolute atomic E-state index is 0.0728. The Bertz CT molecular complexity index is 1050. The van der Waals surface area contributed by atoms with Crippen LogP contribution in [0.15, 0.2) is 42.9 Å². The fraction of sp³-hybridized carbons (Fsp3) is 0.435. The van der Waals surface area contributed by atoms with Gasteiger partial charge in [-0.15, -0.1) is 0 Å². The number of amides is 1. The molecule has 7 nitrogen and oxygen atoms in total. The first kappa shape index (κ1) is 18.9. The summed E-state index contributed by atoms with van der Waals surface area (Å²) >= 11 is 0. The van der Waals surface area contributed by atoms with Crippen molar-refractivity contribution in [2.75, 3.05) is 25.1 Å². The van der Waals surface area contributed by atoms with Crippen LogP contribution in [0.5, 0.6) is 5.88 Å². The van der Waals surface area contributed by atoms with Gasteiger partial charge in [0.05, 0.1) is 19.5 Å². The summed E-state index contributed by atoms with van der Waals surface area (Å²) in [4.78, 5) is 29.5. The van der Waals surface area contributed by atoms with Crippen LogP contribution in [0.2, 0.25) is 0 Å². The van der Waals surface area contributed by atoms with Gasteiger partial charge in [-0.2, -0.15) is 4.98 Å². The maximum absolute atomic E-state index is 13.0. The van der Waals surface area contributed by atoms with Gasteiger partial charge in [0, 0.05) is 48.7 Å². The number of methoxy groups -OCH3 is 1. The van der Waals surface area contributed by atoms with Crippen molar-refractivity contribution in [3.05, 3.63) is 48.4 Å². The molecule has 2 aliphatic rings. The number of rotatable bonds is 4. The molecule has 1 N–H and O–H groups in total. The van der Waals surface area contributed by atoms with Gasteiger partial charge in [-0.1, -0.05) is 12.1 Å². The number of ether oxygens (including phenoxy) is 1. The number of nitrogens with zero attached hydrogens (tertiary/aromatic N) is 4. The molecule has 30 heavy (non-hydrogen) atoms. The number of anilines is 1. The Morgan fingerprint density at radius 1 is 1.17 bits per heavy atom. The Labute approximate surface area is 176 Å². The largest absolute Gasteiger partial charge is 0.480 e. The number of carbonyl (C=O) groups is 1. The van der Waals surface area contributed by atoms with Crippen molar-refractivity contribution < 1.29 is 9.53 Å². The number of aromatic amines is 1. The maximum atomic E-state index is 13.0. The minimum atomic E-state index is -0.0728. The minimum Gasteiger partial charge on any atom is -0.480 e. The monoisotopic (exact) mass is 405 g/mol. The third-order valence-electron chi connectivity index (χ3n) is 6.75. The third-order valence-corrected chi connectivity index (χ3v) is 6.75. The van der Waals surface area contributed by atoms with E-state index < -0.39 is 0 Å². The van der Waals surface area contributed by atoms with Gasteiger partial charge in [0.25, 0.3) is 0 Å². The predicted octanol–water partition coefficient (Wildman–Crippen LogP) is 3.52. The smallest absolute Gasteiger partial charge is 0.233 e. The van der Waals surface area contributed by atoms with Crippen LogP contribution in [0, 0.1) is 0 Å². The zero-order valence-corrected chi connectivity index (χ0v) is 17.3. The molecular weight excluding hydrogens is 378 g/mol. The van der Waals surface area contributed by atoms with Crippen molar-refractivity contribution >= 4 is 22.6 Å². The summed E-state index contributed by atoms with van der Waals surface area (Å²) in [6.07, 6.45) is 9.96. The number of hydrogen-bond acceptors (Lipinski definition) is 5. The third kappa shape index (κ3) is 3.28. The lowest BCUT2D eigenvalue weighted by atomic mass is 9.78. The molecule has 156 valence electrons. The molecule has 1 amide bonds. The molecule has 2 saturated heterocycles. The van der Waals surface area contributed by atoms with Gasteiger partial charge >= 0.3 is 0 Å². The summed E-state index contributed by atoms with van der Waals surface area (Å²) in [5.74, 6) is 1.65. The van der Waals surface area contributed by atoms with Gasteiger partial charge in [0.1, 0.15) is 0 Å². The lowest BCUT2D eigenvalue weighted by Crippen LogP contribution is -2.59. The number of hydrogen-bond donors (Lipinski definition) is 1. The van der Waals surface area contributed by atoms with E-state index in [0.717, 1.165) is 50.1 Å². The summed E-state index contributed by atoms with van der Waals surface area (Å²) in [6, 6.07) is 8.40. The normalized spacial score (nSPS) is 18.9. The average molecular weight is 406 g/mol. The molecule has 0 aliphatic carbocycles. The number of fused-ring (bicyclic) bond motifs is 1. The highest BCUT2D eigenvalue weighted by Gasteiger charge is 2.44. The Morgan fingerprint density at radius 2 is 2.03 bits per heavy atom. The van der Waals surface area contributed by atoms with Crippen LogP contribution in [-0.2, 0) is 11.3 Å². The van der Waals surface area contributed by atoms with Crippen molar-refractivity contribution in [3.63, 3.8) is 0 Å². The van der Waals surface area contributed by atoms with Gasteiger partial charge in [-0.05, 0) is 43.4 Å². The van der Waals surface area contributed by atoms with Crippen molar-refractivity contribution in [1.29, 1.82) is 0 Å². The van der Waals surface area contributed by atoms with Crippen LogP contribution in [-0.4, -0.2) is 51.5 Å². The van der Waals surface area contributed by atoms with Crippen LogP contribution in [0.25, 0.3) is 10.9 Å². The molecule has 0 bridgehead atoms. The molecule has 7 heteroatoms. The van der Waals surface area contributed by atoms with Crippen LogP contribution in [0.3, 0.4) is 0 Å². The van der Waals surface area contributed by atoms with Crippen molar-refractivity contribution in [3.8, 4) is 5.88 Å². The van der Waals surface area contributed by atoms with E-state index in [2.05, 4.69) is 49.0 Å². The topological polar surface area (TPSA) is 74.3 Å². The van der Waals surface area contributed by atoms with E-state index in [1.165, 1.54) is 10.9 Å². The number of aromatic nitrogens is 3. The van der Waals surface area contributed by atoms with Gasteiger partial charge in [-0.3, -0.25) is 9.78 Å². The Morgan fingerprint density at radius 3 is 2.87 bits per heavy atom. The van der Waals surface area contributed by atoms with E-state index in [9.17, 15) is 4.79 Å². The SMILES string of the molecule is COc1cncc(N2CCC3(CCCC(=O)N3Cc3cccc4[nH]ccc34)CC2)n1. The molecule has 1 aromatic carbocycles. The van der Waals surface area contributed by atoms with Crippen molar-refractivity contribution in [2.24, 2.45) is 0 Å². The number of H-pyrrole nitrogens is 1. The molecular formula is C23H27N5O2. The van der Waals surface area contributed by atoms with Gasteiger partial charge < -0.3 is 19.5 Å². The van der Waals surface area contributed by atoms with Gasteiger partial charge in [0.2, 0.25) is 11.8 Å². The average Bonchev–Trinajstić information content (AvgIpc) is 3.27. The second kappa shape index (κ2) is 7.63. The number of piperidine rings is 2. The van der Waals surface area contributed by atoms with Crippen LogP contribution < -0.4 is 9.64 Å². The molecule has 3 aromatic rings. The Balaban J connectivity index is 1.38. The zero-order valence-electron chi connectivity index (χ0n) is 17.3. The van der Waals surface area contributed by atoms with Gasteiger partial charge in [-0.25, -0.2) is 0 Å². The van der Waals surface area contributed by atoms with Gasteiger partial charge in [0.15, 0.2) is 5.82 Å². The highest BCUT2D eigenvalue weighted by Crippen LogP contribution is 2.40. The molecule has 0 radical (unpaired) electrons. The molecule has 0 unspecified atom stereocenters. The highest BCUT2D eigenvalue weighted by molar-refractivity contribution is 5.84. The second-order valence-corrected chi connectivity index (χ2v) is 8.32. The second-order valence-electron chi connectivity index (χ2n) is 8.32. The van der Waals surface area contributed by atoms with Crippen molar-refractivity contribution in [2.45, 2.75) is 44.2 Å². The van der Waals surface area contributed by atoms with E-state index in [-0.39, 0.29) is 11.4 Å². The van der Waals surface area contributed by atoms with E-state index >= 15 is 0 Å². The summed E-state index contributed by atoms with van der Waals surface area (Å²) < 4.78 is 5.23.